The maximum atomic E-state index is 12.1. The number of aliphatic imine (C=N–C) groups is 1. The highest BCUT2D eigenvalue weighted by Gasteiger charge is 2.26. The van der Waals surface area contributed by atoms with E-state index in [1.54, 1.807) is 11.8 Å². The van der Waals surface area contributed by atoms with E-state index in [0.29, 0.717) is 6.42 Å². The largest absolute Gasteiger partial charge is 0.326 e. The third-order valence-electron chi connectivity index (χ3n) is 4.32. The van der Waals surface area contributed by atoms with Crippen LogP contribution in [0, 0.1) is 0 Å². The molecule has 0 fully saturated rings. The molecule has 0 spiro atoms. The van der Waals surface area contributed by atoms with Crippen LogP contribution in [0.1, 0.15) is 17.5 Å². The van der Waals surface area contributed by atoms with Crippen molar-refractivity contribution in [3.05, 3.63) is 71.1 Å². The van der Waals surface area contributed by atoms with Gasteiger partial charge in [0.15, 0.2) is 5.17 Å². The molecule has 2 heterocycles. The molecule has 2 aliphatic heterocycles. The van der Waals surface area contributed by atoms with Gasteiger partial charge in [0.25, 0.3) is 0 Å². The van der Waals surface area contributed by atoms with E-state index in [2.05, 4.69) is 32.7 Å². The third-order valence-corrected chi connectivity index (χ3v) is 5.22. The number of amides is 1. The summed E-state index contributed by atoms with van der Waals surface area (Å²) in [5.41, 5.74) is 4.37. The van der Waals surface area contributed by atoms with Crippen molar-refractivity contribution >= 4 is 34.2 Å². The fourth-order valence-electron chi connectivity index (χ4n) is 3.00. The number of rotatable bonds is 5. The summed E-state index contributed by atoms with van der Waals surface area (Å²) in [7, 11) is 0. The summed E-state index contributed by atoms with van der Waals surface area (Å²) < 4.78 is 0. The zero-order valence-electron chi connectivity index (χ0n) is 13.8. The Hall–Kier alpha value is -2.53. The van der Waals surface area contributed by atoms with Crippen LogP contribution in [0.2, 0.25) is 0 Å². The minimum Gasteiger partial charge on any atom is -0.326 e. The maximum Gasteiger partial charge on any atom is 0.224 e. The lowest BCUT2D eigenvalue weighted by molar-refractivity contribution is -0.116. The Kier molecular flexibility index (Phi) is 4.57. The first-order valence-corrected chi connectivity index (χ1v) is 9.30. The topological polar surface area (TPSA) is 44.7 Å². The lowest BCUT2D eigenvalue weighted by Gasteiger charge is -2.16. The molecule has 0 aromatic heterocycles. The Morgan fingerprint density at radius 1 is 1.12 bits per heavy atom. The molecule has 0 aliphatic carbocycles. The van der Waals surface area contributed by atoms with E-state index in [4.69, 9.17) is 0 Å². The molecule has 5 heteroatoms. The SMILES string of the molecule is O=C(CCc1ccccc1)Nc1ccc(C2=CSC3=NCCN23)cc1. The van der Waals surface area contributed by atoms with Gasteiger partial charge in [-0.25, -0.2) is 0 Å². The number of carbonyl (C=O) groups is 1. The number of benzene rings is 2. The van der Waals surface area contributed by atoms with Gasteiger partial charge in [-0.1, -0.05) is 54.2 Å². The van der Waals surface area contributed by atoms with Crippen molar-refractivity contribution in [1.29, 1.82) is 0 Å². The molecule has 2 aromatic carbocycles. The molecule has 0 unspecified atom stereocenters. The van der Waals surface area contributed by atoms with Crippen molar-refractivity contribution < 1.29 is 4.79 Å². The molecular weight excluding hydrogens is 330 g/mol. The number of thioether (sulfide) groups is 1. The Labute approximate surface area is 151 Å². The standard InChI is InChI=1S/C20H19N3OS/c24-19(11-6-15-4-2-1-3-5-15)22-17-9-7-16(8-10-17)18-14-25-20-21-12-13-23(18)20/h1-5,7-10,14H,6,11-13H2,(H,22,24). The van der Waals surface area contributed by atoms with E-state index >= 15 is 0 Å². The second-order valence-electron chi connectivity index (χ2n) is 6.05. The van der Waals surface area contributed by atoms with Crippen molar-refractivity contribution in [2.24, 2.45) is 4.99 Å². The number of hydrogen-bond acceptors (Lipinski definition) is 4. The van der Waals surface area contributed by atoms with E-state index in [9.17, 15) is 4.79 Å². The summed E-state index contributed by atoms with van der Waals surface area (Å²) in [5.74, 6) is 0.0428. The molecule has 126 valence electrons. The van der Waals surface area contributed by atoms with Crippen LogP contribution in [0.15, 0.2) is 65.0 Å². The van der Waals surface area contributed by atoms with E-state index in [-0.39, 0.29) is 5.91 Å². The van der Waals surface area contributed by atoms with Crippen molar-refractivity contribution in [3.8, 4) is 0 Å². The Morgan fingerprint density at radius 3 is 2.72 bits per heavy atom. The van der Waals surface area contributed by atoms with Crippen LogP contribution < -0.4 is 5.32 Å². The Morgan fingerprint density at radius 2 is 1.92 bits per heavy atom. The van der Waals surface area contributed by atoms with Gasteiger partial charge < -0.3 is 10.2 Å². The van der Waals surface area contributed by atoms with Crippen LogP contribution >= 0.6 is 11.8 Å². The number of hydrogen-bond donors (Lipinski definition) is 1. The van der Waals surface area contributed by atoms with Crippen molar-refractivity contribution in [2.45, 2.75) is 12.8 Å². The van der Waals surface area contributed by atoms with Gasteiger partial charge in [-0.15, -0.1) is 0 Å². The molecule has 4 rings (SSSR count). The van der Waals surface area contributed by atoms with Gasteiger partial charge in [-0.2, -0.15) is 0 Å². The first-order valence-electron chi connectivity index (χ1n) is 8.43. The van der Waals surface area contributed by atoms with Gasteiger partial charge in [0.1, 0.15) is 0 Å². The van der Waals surface area contributed by atoms with Crippen molar-refractivity contribution in [2.75, 3.05) is 18.4 Å². The van der Waals surface area contributed by atoms with Gasteiger partial charge in [0.2, 0.25) is 5.91 Å². The van der Waals surface area contributed by atoms with Crippen LogP contribution in [0.5, 0.6) is 0 Å². The van der Waals surface area contributed by atoms with E-state index in [0.717, 1.165) is 35.9 Å². The van der Waals surface area contributed by atoms with Gasteiger partial charge in [0, 0.05) is 24.1 Å². The molecule has 0 saturated carbocycles. The quantitative estimate of drug-likeness (QED) is 0.888. The number of fused-ring (bicyclic) bond motifs is 1. The fraction of sp³-hybridized carbons (Fsp3) is 0.200. The zero-order valence-corrected chi connectivity index (χ0v) is 14.6. The van der Waals surface area contributed by atoms with Crippen molar-refractivity contribution in [3.63, 3.8) is 0 Å². The average molecular weight is 349 g/mol. The lowest BCUT2D eigenvalue weighted by atomic mass is 10.1. The van der Waals surface area contributed by atoms with Gasteiger partial charge in [0.05, 0.1) is 12.2 Å². The predicted octanol–water partition coefficient (Wildman–Crippen LogP) is 3.97. The van der Waals surface area contributed by atoms with Crippen LogP contribution in [0.25, 0.3) is 5.70 Å². The monoisotopic (exact) mass is 349 g/mol. The first kappa shape index (κ1) is 16.0. The number of nitrogens with one attached hydrogen (secondary N) is 1. The smallest absolute Gasteiger partial charge is 0.224 e. The number of anilines is 1. The molecular formula is C20H19N3OS. The molecule has 0 radical (unpaired) electrons. The summed E-state index contributed by atoms with van der Waals surface area (Å²) in [6.07, 6.45) is 1.24. The summed E-state index contributed by atoms with van der Waals surface area (Å²) in [4.78, 5) is 18.8. The third kappa shape index (κ3) is 3.61. The molecule has 0 saturated heterocycles. The zero-order chi connectivity index (χ0) is 17.1. The van der Waals surface area contributed by atoms with Crippen LogP contribution in [0.4, 0.5) is 5.69 Å². The molecule has 4 nitrogen and oxygen atoms in total. The first-order chi connectivity index (χ1) is 12.3. The summed E-state index contributed by atoms with van der Waals surface area (Å²) in [6.45, 7) is 1.82. The van der Waals surface area contributed by atoms with Gasteiger partial charge in [-0.3, -0.25) is 9.79 Å². The highest BCUT2D eigenvalue weighted by molar-refractivity contribution is 8.16. The van der Waals surface area contributed by atoms with Crippen molar-refractivity contribution in [1.82, 2.24) is 4.90 Å². The lowest BCUT2D eigenvalue weighted by Crippen LogP contribution is -2.19. The minimum absolute atomic E-state index is 0.0428. The summed E-state index contributed by atoms with van der Waals surface area (Å²) >= 11 is 1.68. The Balaban J connectivity index is 1.34. The fourth-order valence-corrected chi connectivity index (χ4v) is 3.96. The molecule has 1 amide bonds. The highest BCUT2D eigenvalue weighted by atomic mass is 32.2. The molecule has 25 heavy (non-hydrogen) atoms. The van der Waals surface area contributed by atoms with Crippen LogP contribution in [-0.2, 0) is 11.2 Å². The molecule has 2 aliphatic rings. The molecule has 2 aromatic rings. The highest BCUT2D eigenvalue weighted by Crippen LogP contribution is 2.35. The van der Waals surface area contributed by atoms with Gasteiger partial charge >= 0.3 is 0 Å². The predicted molar refractivity (Wildman–Crippen MR) is 104 cm³/mol. The van der Waals surface area contributed by atoms with E-state index in [1.807, 2.05) is 42.5 Å². The average Bonchev–Trinajstić information content (AvgIpc) is 3.25. The van der Waals surface area contributed by atoms with Crippen LogP contribution in [-0.4, -0.2) is 29.1 Å². The second-order valence-corrected chi connectivity index (χ2v) is 6.88. The normalized spacial score (nSPS) is 15.6. The minimum atomic E-state index is 0.0428. The van der Waals surface area contributed by atoms with Crippen LogP contribution in [0.3, 0.4) is 0 Å². The molecule has 0 bridgehead atoms. The Bertz CT molecular complexity index is 828. The maximum absolute atomic E-state index is 12.1. The summed E-state index contributed by atoms with van der Waals surface area (Å²) in [5, 5.41) is 6.21. The molecule has 1 N–H and O–H groups in total. The number of carbonyl (C=O) groups excluding carboxylic acids is 1. The second kappa shape index (κ2) is 7.15. The summed E-state index contributed by atoms with van der Waals surface area (Å²) in [6, 6.07) is 18.1. The van der Waals surface area contributed by atoms with Gasteiger partial charge in [-0.05, 0) is 29.7 Å². The van der Waals surface area contributed by atoms with E-state index < -0.39 is 0 Å². The number of nitrogens with zero attached hydrogens (tertiary/aromatic N) is 2. The number of amidine groups is 1. The molecule has 0 atom stereocenters. The number of aryl methyl sites for hydroxylation is 1. The van der Waals surface area contributed by atoms with E-state index in [1.165, 1.54) is 11.3 Å².